The van der Waals surface area contributed by atoms with E-state index in [4.69, 9.17) is 9.47 Å². The molecule has 2 aromatic carbocycles. The molecule has 0 bridgehead atoms. The van der Waals surface area contributed by atoms with Gasteiger partial charge < -0.3 is 14.8 Å². The molecule has 3 rings (SSSR count). The first-order valence-corrected chi connectivity index (χ1v) is 10.1. The summed E-state index contributed by atoms with van der Waals surface area (Å²) in [6.07, 6.45) is 0. The van der Waals surface area contributed by atoms with Gasteiger partial charge in [-0.15, -0.1) is 0 Å². The number of urea groups is 1. The number of carbonyl (C=O) groups is 2. The van der Waals surface area contributed by atoms with Gasteiger partial charge in [-0.25, -0.2) is 19.5 Å². The summed E-state index contributed by atoms with van der Waals surface area (Å²) in [7, 11) is 2.59. The van der Waals surface area contributed by atoms with Gasteiger partial charge in [0.15, 0.2) is 0 Å². The third-order valence-corrected chi connectivity index (χ3v) is 5.26. The molecule has 2 amide bonds. The van der Waals surface area contributed by atoms with Gasteiger partial charge in [0.2, 0.25) is 0 Å². The molecule has 33 heavy (non-hydrogen) atoms. The highest BCUT2D eigenvalue weighted by atomic mass is 16.6. The number of esters is 1. The number of nitro groups is 1. The van der Waals surface area contributed by atoms with E-state index < -0.39 is 23.0 Å². The standard InChI is InChI=1S/C23H24N4O6/c1-14(16-8-6-5-7-9-16)24-22(29)26-20(17-10-12-18(13-11-17)27(30)31)19(21(28)32-3)15(2)25-23(26)33-4/h5-14,20H,1-4H3,(H,24,29)/t14-,20-/m0/s1. The van der Waals surface area contributed by atoms with E-state index in [0.29, 0.717) is 11.3 Å². The van der Waals surface area contributed by atoms with Crippen LogP contribution in [0.5, 0.6) is 0 Å². The lowest BCUT2D eigenvalue weighted by atomic mass is 9.94. The van der Waals surface area contributed by atoms with Crippen LogP contribution in [0.2, 0.25) is 0 Å². The number of amides is 2. The van der Waals surface area contributed by atoms with Crippen molar-refractivity contribution in [3.05, 3.63) is 87.1 Å². The van der Waals surface area contributed by atoms with Crippen molar-refractivity contribution in [2.45, 2.75) is 25.9 Å². The van der Waals surface area contributed by atoms with Gasteiger partial charge in [-0.3, -0.25) is 10.1 Å². The number of non-ortho nitro benzene ring substituents is 1. The van der Waals surface area contributed by atoms with Gasteiger partial charge in [0, 0.05) is 12.1 Å². The van der Waals surface area contributed by atoms with Crippen LogP contribution >= 0.6 is 0 Å². The Kier molecular flexibility index (Phi) is 7.07. The maximum absolute atomic E-state index is 13.4. The van der Waals surface area contributed by atoms with Crippen LogP contribution < -0.4 is 5.32 Å². The summed E-state index contributed by atoms with van der Waals surface area (Å²) in [5.74, 6) is -0.677. The van der Waals surface area contributed by atoms with E-state index in [-0.39, 0.29) is 23.3 Å². The third-order valence-electron chi connectivity index (χ3n) is 5.26. The molecule has 1 aliphatic rings. The fourth-order valence-corrected chi connectivity index (χ4v) is 3.59. The Labute approximate surface area is 190 Å². The van der Waals surface area contributed by atoms with Crippen molar-refractivity contribution in [1.82, 2.24) is 10.2 Å². The highest BCUT2D eigenvalue weighted by Crippen LogP contribution is 2.37. The number of nitrogens with zero attached hydrogens (tertiary/aromatic N) is 3. The Morgan fingerprint density at radius 2 is 1.76 bits per heavy atom. The third kappa shape index (κ3) is 4.84. The summed E-state index contributed by atoms with van der Waals surface area (Å²) in [6, 6.07) is 13.0. The minimum absolute atomic E-state index is 0.0266. The zero-order valence-electron chi connectivity index (χ0n) is 18.6. The molecule has 2 aromatic rings. The molecule has 1 N–H and O–H groups in total. The Morgan fingerprint density at radius 3 is 2.30 bits per heavy atom. The molecule has 0 saturated heterocycles. The number of rotatable bonds is 5. The van der Waals surface area contributed by atoms with E-state index in [1.165, 1.54) is 43.4 Å². The zero-order valence-corrected chi connectivity index (χ0v) is 18.6. The minimum atomic E-state index is -0.978. The predicted octanol–water partition coefficient (Wildman–Crippen LogP) is 3.87. The topological polar surface area (TPSA) is 123 Å². The number of allylic oxidation sites excluding steroid dienone is 1. The molecule has 0 saturated carbocycles. The van der Waals surface area contributed by atoms with Gasteiger partial charge in [0.05, 0.1) is 36.5 Å². The SMILES string of the molecule is COC(=O)C1=C(C)N=C(OC)N(C(=O)N[C@@H](C)c2ccccc2)[C@H]1c1ccc([N+](=O)[O-])cc1. The molecule has 0 unspecified atom stereocenters. The summed E-state index contributed by atoms with van der Waals surface area (Å²) in [5.41, 5.74) is 1.64. The van der Waals surface area contributed by atoms with Crippen LogP contribution in [-0.2, 0) is 14.3 Å². The Bertz CT molecular complexity index is 1110. The Morgan fingerprint density at radius 1 is 1.12 bits per heavy atom. The molecule has 1 heterocycles. The first-order chi connectivity index (χ1) is 15.8. The number of amidine groups is 1. The van der Waals surface area contributed by atoms with E-state index >= 15 is 0 Å². The van der Waals surface area contributed by atoms with Crippen LogP contribution in [-0.4, -0.2) is 42.1 Å². The van der Waals surface area contributed by atoms with Gasteiger partial charge in [0.1, 0.15) is 6.04 Å². The van der Waals surface area contributed by atoms with Crippen molar-refractivity contribution in [2.75, 3.05) is 14.2 Å². The molecule has 2 atom stereocenters. The Balaban J connectivity index is 2.07. The maximum atomic E-state index is 13.4. The summed E-state index contributed by atoms with van der Waals surface area (Å²) < 4.78 is 10.3. The fourth-order valence-electron chi connectivity index (χ4n) is 3.59. The minimum Gasteiger partial charge on any atom is -0.468 e. The second-order valence-electron chi connectivity index (χ2n) is 7.29. The molecule has 172 valence electrons. The van der Waals surface area contributed by atoms with Crippen LogP contribution in [0.3, 0.4) is 0 Å². The summed E-state index contributed by atoms with van der Waals surface area (Å²) in [4.78, 5) is 42.2. The molecule has 10 heteroatoms. The van der Waals surface area contributed by atoms with Crippen LogP contribution in [0.15, 0.2) is 70.9 Å². The van der Waals surface area contributed by atoms with E-state index in [9.17, 15) is 19.7 Å². The number of nitro benzene ring substituents is 1. The van der Waals surface area contributed by atoms with Crippen LogP contribution in [0.4, 0.5) is 10.5 Å². The van der Waals surface area contributed by atoms with Crippen LogP contribution in [0.25, 0.3) is 0 Å². The highest BCUT2D eigenvalue weighted by molar-refractivity contribution is 6.00. The molecule has 0 radical (unpaired) electrons. The van der Waals surface area contributed by atoms with Crippen molar-refractivity contribution in [1.29, 1.82) is 0 Å². The first kappa shape index (κ1) is 23.5. The van der Waals surface area contributed by atoms with Gasteiger partial charge in [-0.2, -0.15) is 0 Å². The number of ether oxygens (including phenoxy) is 2. The lowest BCUT2D eigenvalue weighted by molar-refractivity contribution is -0.384. The van der Waals surface area contributed by atoms with Crippen molar-refractivity contribution in [3.63, 3.8) is 0 Å². The quantitative estimate of drug-likeness (QED) is 0.417. The Hall–Kier alpha value is -4.21. The van der Waals surface area contributed by atoms with E-state index in [0.717, 1.165) is 5.56 Å². The van der Waals surface area contributed by atoms with Gasteiger partial charge in [0.25, 0.3) is 5.69 Å². The van der Waals surface area contributed by atoms with Crippen molar-refractivity contribution >= 4 is 23.7 Å². The largest absolute Gasteiger partial charge is 0.468 e. The van der Waals surface area contributed by atoms with Gasteiger partial charge >= 0.3 is 18.0 Å². The summed E-state index contributed by atoms with van der Waals surface area (Å²) in [6.45, 7) is 3.43. The first-order valence-electron chi connectivity index (χ1n) is 10.1. The molecule has 10 nitrogen and oxygen atoms in total. The average Bonchev–Trinajstić information content (AvgIpc) is 2.83. The number of aliphatic imine (C=N–C) groups is 1. The average molecular weight is 452 g/mol. The zero-order chi connectivity index (χ0) is 24.1. The predicted molar refractivity (Wildman–Crippen MR) is 120 cm³/mol. The van der Waals surface area contributed by atoms with E-state index in [2.05, 4.69) is 10.3 Å². The molecular formula is C23H24N4O6. The smallest absolute Gasteiger partial charge is 0.338 e. The fraction of sp³-hybridized carbons (Fsp3) is 0.261. The number of carbonyl (C=O) groups excluding carboxylic acids is 2. The molecule has 1 aliphatic heterocycles. The lowest BCUT2D eigenvalue weighted by Crippen LogP contribution is -2.50. The summed E-state index contributed by atoms with van der Waals surface area (Å²) in [5, 5.41) is 14.0. The molecule has 0 aromatic heterocycles. The van der Waals surface area contributed by atoms with Gasteiger partial charge in [-0.1, -0.05) is 30.3 Å². The molecule has 0 aliphatic carbocycles. The molecule has 0 spiro atoms. The van der Waals surface area contributed by atoms with Crippen LogP contribution in [0.1, 0.15) is 37.1 Å². The normalized spacial score (nSPS) is 16.5. The van der Waals surface area contributed by atoms with Crippen LogP contribution in [0, 0.1) is 10.1 Å². The van der Waals surface area contributed by atoms with Crippen molar-refractivity contribution in [2.24, 2.45) is 4.99 Å². The van der Waals surface area contributed by atoms with E-state index in [1.807, 2.05) is 37.3 Å². The second-order valence-corrected chi connectivity index (χ2v) is 7.29. The highest BCUT2D eigenvalue weighted by Gasteiger charge is 2.41. The van der Waals surface area contributed by atoms with Crippen molar-refractivity contribution in [3.8, 4) is 0 Å². The number of hydrogen-bond donors (Lipinski definition) is 1. The monoisotopic (exact) mass is 452 g/mol. The summed E-state index contributed by atoms with van der Waals surface area (Å²) >= 11 is 0. The maximum Gasteiger partial charge on any atom is 0.338 e. The number of methoxy groups -OCH3 is 2. The lowest BCUT2D eigenvalue weighted by Gasteiger charge is -2.36. The number of benzene rings is 2. The van der Waals surface area contributed by atoms with Gasteiger partial charge in [-0.05, 0) is 37.1 Å². The van der Waals surface area contributed by atoms with Crippen molar-refractivity contribution < 1.29 is 24.0 Å². The number of nitrogens with one attached hydrogen (secondary N) is 1. The molecule has 0 fully saturated rings. The number of hydrogen-bond acceptors (Lipinski definition) is 7. The molecular weight excluding hydrogens is 428 g/mol. The second kappa shape index (κ2) is 9.94. The van der Waals surface area contributed by atoms with E-state index in [1.54, 1.807) is 6.92 Å².